The van der Waals surface area contributed by atoms with Crippen LogP contribution in [0.25, 0.3) is 0 Å². The number of hydrogen-bond donors (Lipinski definition) is 0. The van der Waals surface area contributed by atoms with Crippen molar-refractivity contribution in [3.63, 3.8) is 0 Å². The van der Waals surface area contributed by atoms with E-state index >= 15 is 0 Å². The molecule has 94 valence electrons. The lowest BCUT2D eigenvalue weighted by Gasteiger charge is -2.06. The molecule has 3 heteroatoms. The average molecular weight is 238 g/mol. The average Bonchev–Trinajstić information content (AvgIpc) is 2.34. The van der Waals surface area contributed by atoms with Gasteiger partial charge in [0.2, 0.25) is 0 Å². The Bertz CT molecular complexity index is 374. The van der Waals surface area contributed by atoms with Crippen molar-refractivity contribution in [2.75, 3.05) is 7.11 Å². The summed E-state index contributed by atoms with van der Waals surface area (Å²) >= 11 is 0. The van der Waals surface area contributed by atoms with Gasteiger partial charge in [-0.05, 0) is 18.6 Å². The number of Topliss-reactive ketones (excluding diaryl/α,β-unsaturated/α-hetero) is 1. The molecule has 0 amide bonds. The van der Waals surface area contributed by atoms with Gasteiger partial charge in [-0.25, -0.2) is 4.39 Å². The van der Waals surface area contributed by atoms with Gasteiger partial charge in [-0.15, -0.1) is 0 Å². The van der Waals surface area contributed by atoms with Crippen LogP contribution in [0.15, 0.2) is 18.2 Å². The highest BCUT2D eigenvalue weighted by Crippen LogP contribution is 2.21. The molecule has 0 aliphatic rings. The Hall–Kier alpha value is -1.38. The third-order valence-electron chi connectivity index (χ3n) is 2.74. The summed E-state index contributed by atoms with van der Waals surface area (Å²) in [7, 11) is 1.40. The fraction of sp³-hybridized carbons (Fsp3) is 0.500. The van der Waals surface area contributed by atoms with Crippen molar-refractivity contribution in [1.82, 2.24) is 0 Å². The smallest absolute Gasteiger partial charge is 0.175 e. The van der Waals surface area contributed by atoms with Crippen molar-refractivity contribution in [3.8, 4) is 5.75 Å². The van der Waals surface area contributed by atoms with Crippen molar-refractivity contribution in [2.45, 2.75) is 39.0 Å². The zero-order valence-corrected chi connectivity index (χ0v) is 10.5. The van der Waals surface area contributed by atoms with E-state index in [9.17, 15) is 9.18 Å². The summed E-state index contributed by atoms with van der Waals surface area (Å²) in [4.78, 5) is 11.8. The number of ether oxygens (including phenoxy) is 1. The molecule has 0 saturated heterocycles. The van der Waals surface area contributed by atoms with Gasteiger partial charge in [-0.2, -0.15) is 0 Å². The molecule has 0 aromatic heterocycles. The first-order valence-corrected chi connectivity index (χ1v) is 6.06. The van der Waals surface area contributed by atoms with Gasteiger partial charge in [-0.1, -0.05) is 32.3 Å². The molecule has 17 heavy (non-hydrogen) atoms. The molecule has 0 unspecified atom stereocenters. The van der Waals surface area contributed by atoms with Gasteiger partial charge in [0, 0.05) is 6.42 Å². The highest BCUT2D eigenvalue weighted by Gasteiger charge is 2.14. The predicted octanol–water partition coefficient (Wildman–Crippen LogP) is 3.99. The molecule has 1 rings (SSSR count). The molecule has 0 bridgehead atoms. The number of ketones is 1. The fourth-order valence-corrected chi connectivity index (χ4v) is 1.73. The van der Waals surface area contributed by atoms with E-state index in [4.69, 9.17) is 4.74 Å². The van der Waals surface area contributed by atoms with Crippen molar-refractivity contribution >= 4 is 5.78 Å². The number of hydrogen-bond acceptors (Lipinski definition) is 2. The number of benzene rings is 1. The molecule has 0 atom stereocenters. The summed E-state index contributed by atoms with van der Waals surface area (Å²) in [5, 5.41) is 0. The minimum atomic E-state index is -0.546. The Morgan fingerprint density at radius 3 is 2.71 bits per heavy atom. The molecule has 0 fully saturated rings. The lowest BCUT2D eigenvalue weighted by atomic mass is 10.0. The van der Waals surface area contributed by atoms with Gasteiger partial charge >= 0.3 is 0 Å². The fourth-order valence-electron chi connectivity index (χ4n) is 1.73. The third kappa shape index (κ3) is 3.84. The van der Waals surface area contributed by atoms with Gasteiger partial charge < -0.3 is 4.74 Å². The van der Waals surface area contributed by atoms with Crippen molar-refractivity contribution < 1.29 is 13.9 Å². The molecule has 0 heterocycles. The van der Waals surface area contributed by atoms with Crippen LogP contribution in [0.4, 0.5) is 4.39 Å². The predicted molar refractivity (Wildman–Crippen MR) is 66.0 cm³/mol. The molecular formula is C14H19FO2. The lowest BCUT2D eigenvalue weighted by Crippen LogP contribution is -2.03. The Kier molecular flexibility index (Phi) is 5.67. The number of methoxy groups -OCH3 is 1. The molecule has 0 saturated carbocycles. The minimum absolute atomic E-state index is 0.129. The summed E-state index contributed by atoms with van der Waals surface area (Å²) < 4.78 is 18.6. The Labute approximate surface area is 102 Å². The first-order valence-electron chi connectivity index (χ1n) is 6.06. The van der Waals surface area contributed by atoms with Crippen LogP contribution in [0.2, 0.25) is 0 Å². The Balaban J connectivity index is 2.62. The zero-order chi connectivity index (χ0) is 12.7. The zero-order valence-electron chi connectivity index (χ0n) is 10.5. The molecule has 1 aromatic rings. The standard InChI is InChI=1S/C14H19FO2/c1-3-4-5-6-9-12(16)11-8-7-10-13(17-2)14(11)15/h7-8,10H,3-6,9H2,1-2H3. The van der Waals surface area contributed by atoms with Crippen LogP contribution in [0.1, 0.15) is 49.4 Å². The molecule has 0 aliphatic carbocycles. The third-order valence-corrected chi connectivity index (χ3v) is 2.74. The second kappa shape index (κ2) is 7.05. The first-order chi connectivity index (χ1) is 8.20. The van der Waals surface area contributed by atoms with Crippen LogP contribution in [-0.4, -0.2) is 12.9 Å². The summed E-state index contributed by atoms with van der Waals surface area (Å²) in [5.41, 5.74) is 0.140. The molecule has 0 aliphatic heterocycles. The van der Waals surface area contributed by atoms with E-state index in [1.54, 1.807) is 6.07 Å². The lowest BCUT2D eigenvalue weighted by molar-refractivity contribution is 0.0974. The molecule has 0 spiro atoms. The summed E-state index contributed by atoms with van der Waals surface area (Å²) in [6.07, 6.45) is 4.50. The van der Waals surface area contributed by atoms with Crippen LogP contribution in [0.3, 0.4) is 0 Å². The van der Waals surface area contributed by atoms with E-state index in [1.165, 1.54) is 19.2 Å². The van der Waals surface area contributed by atoms with Crippen molar-refractivity contribution in [2.24, 2.45) is 0 Å². The maximum Gasteiger partial charge on any atom is 0.175 e. The van der Waals surface area contributed by atoms with Gasteiger partial charge in [0.05, 0.1) is 12.7 Å². The topological polar surface area (TPSA) is 26.3 Å². The van der Waals surface area contributed by atoms with Crippen molar-refractivity contribution in [3.05, 3.63) is 29.6 Å². The summed E-state index contributed by atoms with van der Waals surface area (Å²) in [5.74, 6) is -0.558. The normalized spacial score (nSPS) is 10.3. The number of rotatable bonds is 7. The first kappa shape index (κ1) is 13.7. The molecule has 1 aromatic carbocycles. The van der Waals surface area contributed by atoms with Crippen LogP contribution >= 0.6 is 0 Å². The van der Waals surface area contributed by atoms with Crippen molar-refractivity contribution in [1.29, 1.82) is 0 Å². The van der Waals surface area contributed by atoms with E-state index in [-0.39, 0.29) is 17.1 Å². The van der Waals surface area contributed by atoms with Crippen LogP contribution in [0.5, 0.6) is 5.75 Å². The number of halogens is 1. The van der Waals surface area contributed by atoms with Gasteiger partial charge in [0.1, 0.15) is 0 Å². The number of unbranched alkanes of at least 4 members (excludes halogenated alkanes) is 3. The molecule has 0 N–H and O–H groups in total. The highest BCUT2D eigenvalue weighted by molar-refractivity contribution is 5.96. The maximum absolute atomic E-state index is 13.8. The monoisotopic (exact) mass is 238 g/mol. The van der Waals surface area contributed by atoms with Gasteiger partial charge in [0.25, 0.3) is 0 Å². The van der Waals surface area contributed by atoms with E-state index in [0.717, 1.165) is 25.7 Å². The molecule has 0 radical (unpaired) electrons. The Morgan fingerprint density at radius 2 is 2.06 bits per heavy atom. The van der Waals surface area contributed by atoms with Crippen LogP contribution < -0.4 is 4.74 Å². The summed E-state index contributed by atoms with van der Waals surface area (Å²) in [6.45, 7) is 2.11. The van der Waals surface area contributed by atoms with E-state index < -0.39 is 5.82 Å². The summed E-state index contributed by atoms with van der Waals surface area (Å²) in [6, 6.07) is 4.67. The van der Waals surface area contributed by atoms with Crippen LogP contribution in [-0.2, 0) is 0 Å². The number of carbonyl (C=O) groups excluding carboxylic acids is 1. The quantitative estimate of drug-likeness (QED) is 0.530. The SMILES string of the molecule is CCCCCCC(=O)c1cccc(OC)c1F. The largest absolute Gasteiger partial charge is 0.494 e. The van der Waals surface area contributed by atoms with E-state index in [1.807, 2.05) is 0 Å². The van der Waals surface area contributed by atoms with E-state index in [0.29, 0.717) is 6.42 Å². The second-order valence-electron chi connectivity index (χ2n) is 4.06. The van der Waals surface area contributed by atoms with Crippen LogP contribution in [0, 0.1) is 5.82 Å². The molecular weight excluding hydrogens is 219 g/mol. The minimum Gasteiger partial charge on any atom is -0.494 e. The number of carbonyl (C=O) groups is 1. The maximum atomic E-state index is 13.8. The van der Waals surface area contributed by atoms with Gasteiger partial charge in [0.15, 0.2) is 17.3 Å². The highest BCUT2D eigenvalue weighted by atomic mass is 19.1. The Morgan fingerprint density at radius 1 is 1.29 bits per heavy atom. The van der Waals surface area contributed by atoms with Gasteiger partial charge in [-0.3, -0.25) is 4.79 Å². The molecule has 2 nitrogen and oxygen atoms in total. The second-order valence-corrected chi connectivity index (χ2v) is 4.06. The van der Waals surface area contributed by atoms with E-state index in [2.05, 4.69) is 6.92 Å².